The number of nitrogens with zero attached hydrogens (tertiary/aromatic N) is 4. The largest absolute Gasteiger partial charge is 0.303 e. The van der Waals surface area contributed by atoms with Gasteiger partial charge in [0.1, 0.15) is 5.82 Å². The van der Waals surface area contributed by atoms with Gasteiger partial charge in [-0.15, -0.1) is 0 Å². The lowest BCUT2D eigenvalue weighted by Gasteiger charge is -2.20. The van der Waals surface area contributed by atoms with E-state index in [4.69, 9.17) is 0 Å². The van der Waals surface area contributed by atoms with Crippen LogP contribution in [0.2, 0.25) is 0 Å². The molecule has 1 unspecified atom stereocenters. The Kier molecular flexibility index (Phi) is 5.12. The molecule has 0 fully saturated rings. The van der Waals surface area contributed by atoms with E-state index in [-0.39, 0.29) is 29.1 Å². The monoisotopic (exact) mass is 428 g/mol. The second-order valence-electron chi connectivity index (χ2n) is 7.77. The molecule has 31 heavy (non-hydrogen) atoms. The minimum atomic E-state index is -1.10. The number of hydrogen-bond donors (Lipinski definition) is 0. The lowest BCUT2D eigenvalue weighted by Crippen LogP contribution is -2.26. The maximum absolute atomic E-state index is 14.4. The third-order valence-corrected chi connectivity index (χ3v) is 5.24. The summed E-state index contributed by atoms with van der Waals surface area (Å²) in [6, 6.07) is 3.63. The van der Waals surface area contributed by atoms with E-state index in [2.05, 4.69) is 9.97 Å². The van der Waals surface area contributed by atoms with Gasteiger partial charge < -0.3 is 9.13 Å². The summed E-state index contributed by atoms with van der Waals surface area (Å²) in [6.07, 6.45) is 2.38. The average Bonchev–Trinajstić information content (AvgIpc) is 2.68. The Labute approximate surface area is 174 Å². The standard InChI is InChI=1S/C22H19F3N4O2/c1-11(2)28-19-6-14(23)5-13(22(19)27-10-20(28)30)4-12(3)29-18-8-16(25)15(24)7-17(18)26-9-21(29)31/h5-12H,4H2,1-3H3. The molecular formula is C22H19F3N4O2. The average molecular weight is 428 g/mol. The Hall–Kier alpha value is -3.49. The number of hydrogen-bond acceptors (Lipinski definition) is 4. The Morgan fingerprint density at radius 2 is 1.48 bits per heavy atom. The Bertz CT molecular complexity index is 1440. The number of benzene rings is 2. The Morgan fingerprint density at radius 3 is 2.19 bits per heavy atom. The molecule has 0 radical (unpaired) electrons. The number of rotatable bonds is 4. The van der Waals surface area contributed by atoms with Crippen molar-refractivity contribution in [3.8, 4) is 0 Å². The molecule has 4 aromatic rings. The highest BCUT2D eigenvalue weighted by Crippen LogP contribution is 2.25. The van der Waals surface area contributed by atoms with Crippen LogP contribution in [0.1, 0.15) is 38.4 Å². The molecule has 0 aliphatic heterocycles. The van der Waals surface area contributed by atoms with Crippen molar-refractivity contribution in [1.82, 2.24) is 19.1 Å². The zero-order chi connectivity index (χ0) is 22.4. The van der Waals surface area contributed by atoms with Crippen molar-refractivity contribution < 1.29 is 13.2 Å². The highest BCUT2D eigenvalue weighted by molar-refractivity contribution is 5.79. The number of aromatic nitrogens is 4. The number of halogens is 3. The van der Waals surface area contributed by atoms with Crippen LogP contribution in [0.5, 0.6) is 0 Å². The number of fused-ring (bicyclic) bond motifs is 2. The van der Waals surface area contributed by atoms with Gasteiger partial charge in [-0.05, 0) is 44.9 Å². The van der Waals surface area contributed by atoms with Gasteiger partial charge in [0.15, 0.2) is 11.6 Å². The highest BCUT2D eigenvalue weighted by atomic mass is 19.2. The van der Waals surface area contributed by atoms with Crippen LogP contribution < -0.4 is 11.1 Å². The lowest BCUT2D eigenvalue weighted by atomic mass is 10.0. The van der Waals surface area contributed by atoms with Gasteiger partial charge >= 0.3 is 0 Å². The second kappa shape index (κ2) is 7.64. The molecular weight excluding hydrogens is 409 g/mol. The quantitative estimate of drug-likeness (QED) is 0.494. The maximum Gasteiger partial charge on any atom is 0.269 e. The molecule has 2 aromatic carbocycles. The first-order valence-electron chi connectivity index (χ1n) is 9.73. The fourth-order valence-corrected chi connectivity index (χ4v) is 3.95. The summed E-state index contributed by atoms with van der Waals surface area (Å²) in [5.41, 5.74) is 0.680. The van der Waals surface area contributed by atoms with E-state index in [1.807, 2.05) is 13.8 Å². The molecule has 0 aliphatic rings. The first-order chi connectivity index (χ1) is 14.7. The first-order valence-corrected chi connectivity index (χ1v) is 9.73. The van der Waals surface area contributed by atoms with Crippen LogP contribution in [0, 0.1) is 17.5 Å². The molecule has 0 saturated carbocycles. The van der Waals surface area contributed by atoms with Crippen molar-refractivity contribution in [3.05, 3.63) is 80.4 Å². The third kappa shape index (κ3) is 3.60. The lowest BCUT2D eigenvalue weighted by molar-refractivity contribution is 0.505. The fraction of sp³-hybridized carbons (Fsp3) is 0.273. The second-order valence-corrected chi connectivity index (χ2v) is 7.77. The van der Waals surface area contributed by atoms with E-state index in [0.717, 1.165) is 18.3 Å². The third-order valence-electron chi connectivity index (χ3n) is 5.24. The van der Waals surface area contributed by atoms with E-state index in [1.165, 1.54) is 27.5 Å². The molecule has 9 heteroatoms. The van der Waals surface area contributed by atoms with E-state index in [9.17, 15) is 22.8 Å². The normalized spacial score (nSPS) is 12.7. The van der Waals surface area contributed by atoms with Crippen LogP contribution >= 0.6 is 0 Å². The van der Waals surface area contributed by atoms with Gasteiger partial charge in [0.05, 0.1) is 34.5 Å². The van der Waals surface area contributed by atoms with E-state index in [0.29, 0.717) is 16.6 Å². The van der Waals surface area contributed by atoms with Crippen LogP contribution in [0.15, 0.2) is 46.2 Å². The molecule has 4 rings (SSSR count). The van der Waals surface area contributed by atoms with Gasteiger partial charge in [0, 0.05) is 24.2 Å². The van der Waals surface area contributed by atoms with Crippen molar-refractivity contribution in [2.24, 2.45) is 0 Å². The zero-order valence-corrected chi connectivity index (χ0v) is 17.1. The van der Waals surface area contributed by atoms with Gasteiger partial charge in [-0.2, -0.15) is 0 Å². The van der Waals surface area contributed by atoms with Crippen molar-refractivity contribution >= 4 is 22.1 Å². The predicted octanol–water partition coefficient (Wildman–Crippen LogP) is 3.91. The molecule has 0 spiro atoms. The van der Waals surface area contributed by atoms with E-state index < -0.39 is 29.1 Å². The van der Waals surface area contributed by atoms with Gasteiger partial charge in [-0.25, -0.2) is 23.1 Å². The van der Waals surface area contributed by atoms with Gasteiger partial charge in [-0.1, -0.05) is 0 Å². The smallest absolute Gasteiger partial charge is 0.269 e. The summed E-state index contributed by atoms with van der Waals surface area (Å²) in [5.74, 6) is -2.71. The van der Waals surface area contributed by atoms with Crippen LogP contribution in [0.4, 0.5) is 13.2 Å². The Balaban J connectivity index is 1.89. The minimum absolute atomic E-state index is 0.126. The molecule has 0 aliphatic carbocycles. The molecule has 0 amide bonds. The van der Waals surface area contributed by atoms with Crippen molar-refractivity contribution in [2.75, 3.05) is 0 Å². The summed E-state index contributed by atoms with van der Waals surface area (Å²) in [5, 5.41) is 0. The Morgan fingerprint density at radius 1 is 0.839 bits per heavy atom. The molecule has 160 valence electrons. The maximum atomic E-state index is 14.4. The van der Waals surface area contributed by atoms with Gasteiger partial charge in [0.25, 0.3) is 11.1 Å². The minimum Gasteiger partial charge on any atom is -0.303 e. The molecule has 0 bridgehead atoms. The summed E-state index contributed by atoms with van der Waals surface area (Å²) >= 11 is 0. The molecule has 6 nitrogen and oxygen atoms in total. The van der Waals surface area contributed by atoms with Crippen molar-refractivity contribution in [1.29, 1.82) is 0 Å². The predicted molar refractivity (Wildman–Crippen MR) is 111 cm³/mol. The summed E-state index contributed by atoms with van der Waals surface area (Å²) in [7, 11) is 0. The van der Waals surface area contributed by atoms with Gasteiger partial charge in [-0.3, -0.25) is 9.59 Å². The van der Waals surface area contributed by atoms with Crippen LogP contribution in [0.3, 0.4) is 0 Å². The van der Waals surface area contributed by atoms with E-state index >= 15 is 0 Å². The highest BCUT2D eigenvalue weighted by Gasteiger charge is 2.18. The van der Waals surface area contributed by atoms with Crippen molar-refractivity contribution in [3.63, 3.8) is 0 Å². The first kappa shape index (κ1) is 20.8. The molecule has 0 N–H and O–H groups in total. The summed E-state index contributed by atoms with van der Waals surface area (Å²) < 4.78 is 44.6. The summed E-state index contributed by atoms with van der Waals surface area (Å²) in [4.78, 5) is 32.9. The molecule has 2 aromatic heterocycles. The molecule has 1 atom stereocenters. The summed E-state index contributed by atoms with van der Waals surface area (Å²) in [6.45, 7) is 5.33. The molecule has 2 heterocycles. The van der Waals surface area contributed by atoms with Crippen LogP contribution in [-0.4, -0.2) is 19.1 Å². The molecule has 0 saturated heterocycles. The fourth-order valence-electron chi connectivity index (χ4n) is 3.95. The van der Waals surface area contributed by atoms with Crippen molar-refractivity contribution in [2.45, 2.75) is 39.3 Å². The topological polar surface area (TPSA) is 69.8 Å². The van der Waals surface area contributed by atoms with Crippen LogP contribution in [0.25, 0.3) is 22.1 Å². The van der Waals surface area contributed by atoms with Gasteiger partial charge in [0.2, 0.25) is 0 Å². The SMILES string of the molecule is CC(C)n1c(=O)cnc2c(CC(C)n3c(=O)cnc4cc(F)c(F)cc43)cc(F)cc21. The van der Waals surface area contributed by atoms with E-state index in [1.54, 1.807) is 6.92 Å². The van der Waals surface area contributed by atoms with Crippen LogP contribution in [-0.2, 0) is 6.42 Å². The zero-order valence-electron chi connectivity index (χ0n) is 17.1.